The quantitative estimate of drug-likeness (QED) is 0.0944. The number of piperidine rings is 2. The molecule has 4 aliphatic heterocycles. The molecule has 11 rings (SSSR count). The number of imide groups is 1. The summed E-state index contributed by atoms with van der Waals surface area (Å²) in [6.07, 6.45) is 8.79. The van der Waals surface area contributed by atoms with Gasteiger partial charge < -0.3 is 30.3 Å². The van der Waals surface area contributed by atoms with E-state index in [2.05, 4.69) is 25.7 Å². The zero-order valence-corrected chi connectivity index (χ0v) is 44.4. The standard InChI is InChI=1S/C57H61ClF4N10O6/c1-31-45-43(26-41(60)49(58)48(45)47-38(53(63)74)13-14-42(50(47)61)77-37-27-65-68(2)29-37)78-57(31,35-7-5-4-6-8-35)30-64-36-11-9-34(10-12-36)55(75)71-22-15-32(16-23-71)28-70-20-17-33(18-21-70)46-40(59)25-39-52(51(46)62)69(3)67-54(39)72-24-19-44(73)66-56(72)76/h4-8,13-14,25-27,29,31-34,36,64H,9-12,15-24,28,30H2,1-3H3,(H2,63,74)(H,66,73,76)/t31-,34?,36?,57-/m0/s1. The van der Waals surface area contributed by atoms with Crippen LogP contribution >= 0.6 is 11.6 Å². The number of carbonyl (C=O) groups is 4. The van der Waals surface area contributed by atoms with E-state index in [4.69, 9.17) is 26.8 Å². The van der Waals surface area contributed by atoms with Crippen molar-refractivity contribution in [1.82, 2.24) is 40.0 Å². The average Bonchev–Trinajstić information content (AvgIpc) is 4.31. The van der Waals surface area contributed by atoms with Gasteiger partial charge in [0, 0.05) is 99.4 Å². The summed E-state index contributed by atoms with van der Waals surface area (Å²) in [5, 5.41) is 14.2. The zero-order chi connectivity index (χ0) is 54.7. The zero-order valence-electron chi connectivity index (χ0n) is 43.6. The highest BCUT2D eigenvalue weighted by molar-refractivity contribution is 6.34. The second-order valence-corrected chi connectivity index (χ2v) is 22.0. The monoisotopic (exact) mass is 1090 g/mol. The van der Waals surface area contributed by atoms with Gasteiger partial charge in [0.05, 0.1) is 28.4 Å². The van der Waals surface area contributed by atoms with Crippen molar-refractivity contribution in [3.05, 3.63) is 118 Å². The highest BCUT2D eigenvalue weighted by Crippen LogP contribution is 2.57. The van der Waals surface area contributed by atoms with E-state index < -0.39 is 57.7 Å². The van der Waals surface area contributed by atoms with Crippen LogP contribution in [0.25, 0.3) is 22.0 Å². The van der Waals surface area contributed by atoms with Crippen LogP contribution in [0.2, 0.25) is 5.02 Å². The number of rotatable bonds is 13. The third-order valence-corrected chi connectivity index (χ3v) is 17.3. The van der Waals surface area contributed by atoms with Gasteiger partial charge in [0.25, 0.3) is 0 Å². The molecule has 1 aliphatic carbocycles. The predicted octanol–water partition coefficient (Wildman–Crippen LogP) is 9.18. The van der Waals surface area contributed by atoms with Crippen molar-refractivity contribution in [2.24, 2.45) is 31.7 Å². The Bertz CT molecular complexity index is 3330. The van der Waals surface area contributed by atoms with Gasteiger partial charge >= 0.3 is 6.03 Å². The summed E-state index contributed by atoms with van der Waals surface area (Å²) >= 11 is 6.80. The molecule has 78 heavy (non-hydrogen) atoms. The van der Waals surface area contributed by atoms with E-state index in [0.29, 0.717) is 63.3 Å². The molecule has 2 atom stereocenters. The Hall–Kier alpha value is -7.03. The van der Waals surface area contributed by atoms with E-state index in [1.54, 1.807) is 20.3 Å². The highest BCUT2D eigenvalue weighted by Gasteiger charge is 2.50. The summed E-state index contributed by atoms with van der Waals surface area (Å²) in [6, 6.07) is 13.9. The number of aryl methyl sites for hydroxylation is 2. The fourth-order valence-corrected chi connectivity index (χ4v) is 13.0. The molecular formula is C57H61ClF4N10O6. The van der Waals surface area contributed by atoms with Crippen molar-refractivity contribution in [2.45, 2.75) is 88.2 Å². The van der Waals surface area contributed by atoms with Gasteiger partial charge in [-0.15, -0.1) is 0 Å². The van der Waals surface area contributed by atoms with E-state index in [1.807, 2.05) is 42.2 Å². The third-order valence-electron chi connectivity index (χ3n) is 17.0. The highest BCUT2D eigenvalue weighted by atomic mass is 35.5. The molecule has 3 saturated heterocycles. The fourth-order valence-electron chi connectivity index (χ4n) is 12.8. The van der Waals surface area contributed by atoms with Gasteiger partial charge in [0.2, 0.25) is 17.7 Å². The number of nitrogens with zero attached hydrogens (tertiary/aromatic N) is 7. The number of halogens is 5. The van der Waals surface area contributed by atoms with Gasteiger partial charge in [-0.05, 0) is 100 Å². The Balaban J connectivity index is 0.702. The summed E-state index contributed by atoms with van der Waals surface area (Å²) < 4.78 is 80.6. The van der Waals surface area contributed by atoms with E-state index in [0.717, 1.165) is 37.8 Å². The van der Waals surface area contributed by atoms with Crippen molar-refractivity contribution in [2.75, 3.05) is 50.7 Å². The number of carbonyl (C=O) groups excluding carboxylic acids is 4. The lowest BCUT2D eigenvalue weighted by molar-refractivity contribution is -0.138. The Morgan fingerprint density at radius 3 is 2.29 bits per heavy atom. The van der Waals surface area contributed by atoms with Crippen LogP contribution in [-0.4, -0.2) is 105 Å². The number of likely N-dealkylation sites (tertiary alicyclic amines) is 2. The van der Waals surface area contributed by atoms with Crippen molar-refractivity contribution in [3.63, 3.8) is 0 Å². The molecule has 5 aliphatic rings. The normalized spacial score (nSPS) is 22.4. The van der Waals surface area contributed by atoms with Crippen molar-refractivity contribution in [3.8, 4) is 28.4 Å². The number of hydrogen-bond donors (Lipinski definition) is 3. The van der Waals surface area contributed by atoms with Crippen LogP contribution in [0.15, 0.2) is 67.0 Å². The van der Waals surface area contributed by atoms with Crippen LogP contribution in [0, 0.1) is 35.1 Å². The topological polar surface area (TPSA) is 182 Å². The summed E-state index contributed by atoms with van der Waals surface area (Å²) in [7, 11) is 3.24. The minimum absolute atomic E-state index is 0.0334. The van der Waals surface area contributed by atoms with Gasteiger partial charge in [-0.2, -0.15) is 10.2 Å². The van der Waals surface area contributed by atoms with Crippen LogP contribution in [0.5, 0.6) is 17.2 Å². The third kappa shape index (κ3) is 9.73. The Kier molecular flexibility index (Phi) is 14.5. The molecule has 4 fully saturated rings. The molecule has 0 spiro atoms. The molecular weight excluding hydrogens is 1030 g/mol. The number of nitrogens with one attached hydrogen (secondary N) is 2. The Labute approximate surface area is 453 Å². The average molecular weight is 1090 g/mol. The van der Waals surface area contributed by atoms with Gasteiger partial charge in [-0.25, -0.2) is 22.4 Å². The van der Waals surface area contributed by atoms with Gasteiger partial charge in [-0.3, -0.25) is 34.0 Å². The molecule has 0 bridgehead atoms. The molecule has 4 aromatic carbocycles. The van der Waals surface area contributed by atoms with Crippen LogP contribution < -0.4 is 30.7 Å². The number of fused-ring (bicyclic) bond motifs is 2. The molecule has 0 radical (unpaired) electrons. The molecule has 2 aromatic heterocycles. The summed E-state index contributed by atoms with van der Waals surface area (Å²) in [5.74, 6) is -4.73. The first kappa shape index (κ1) is 53.0. The Morgan fingerprint density at radius 1 is 0.885 bits per heavy atom. The second-order valence-electron chi connectivity index (χ2n) is 21.6. The summed E-state index contributed by atoms with van der Waals surface area (Å²) in [6.45, 7) is 5.82. The molecule has 6 heterocycles. The summed E-state index contributed by atoms with van der Waals surface area (Å²) in [5.41, 5.74) is 5.48. The number of aromatic nitrogens is 4. The van der Waals surface area contributed by atoms with Gasteiger partial charge in [-0.1, -0.05) is 48.9 Å². The van der Waals surface area contributed by atoms with E-state index in [-0.39, 0.29) is 99.5 Å². The number of amides is 5. The fraction of sp³-hybridized carbons (Fsp3) is 0.439. The first-order chi connectivity index (χ1) is 37.5. The first-order valence-corrected chi connectivity index (χ1v) is 27.1. The smallest absolute Gasteiger partial charge is 0.329 e. The van der Waals surface area contributed by atoms with E-state index in [9.17, 15) is 19.2 Å². The number of anilines is 1. The summed E-state index contributed by atoms with van der Waals surface area (Å²) in [4.78, 5) is 56.9. The van der Waals surface area contributed by atoms with E-state index >= 15 is 17.6 Å². The molecule has 16 nitrogen and oxygen atoms in total. The SMILES string of the molecule is C[C@H]1c2c(cc(F)c(Cl)c2-c2c(C(N)=O)ccc(Oc3cnn(C)c3)c2F)O[C@]1(CNC1CCC(C(=O)N2CCC(CN3CCC(c4c(F)cc5c(N6CCC(=O)NC6=O)nn(C)c5c4F)CC3)CC2)CC1)c1ccccc1. The largest absolute Gasteiger partial charge is 0.480 e. The van der Waals surface area contributed by atoms with Gasteiger partial charge in [0.15, 0.2) is 34.6 Å². The lowest BCUT2D eigenvalue weighted by Gasteiger charge is -2.40. The van der Waals surface area contributed by atoms with Crippen molar-refractivity contribution in [1.29, 1.82) is 0 Å². The molecule has 5 amide bonds. The molecule has 21 heteroatoms. The molecule has 0 unspecified atom stereocenters. The number of urea groups is 1. The van der Waals surface area contributed by atoms with Crippen LogP contribution in [0.1, 0.15) is 104 Å². The lowest BCUT2D eigenvalue weighted by atomic mass is 9.77. The number of primary amides is 1. The maximum absolute atomic E-state index is 16.9. The predicted molar refractivity (Wildman–Crippen MR) is 283 cm³/mol. The lowest BCUT2D eigenvalue weighted by Crippen LogP contribution is -2.49. The minimum Gasteiger partial charge on any atom is -0.480 e. The molecule has 4 N–H and O–H groups in total. The van der Waals surface area contributed by atoms with Crippen molar-refractivity contribution < 1.29 is 46.2 Å². The van der Waals surface area contributed by atoms with Crippen LogP contribution in [0.4, 0.5) is 28.2 Å². The number of ether oxygens (including phenoxy) is 2. The first-order valence-electron chi connectivity index (χ1n) is 26.8. The Morgan fingerprint density at radius 2 is 1.62 bits per heavy atom. The minimum atomic E-state index is -1.13. The molecule has 6 aromatic rings. The molecule has 1 saturated carbocycles. The van der Waals surface area contributed by atoms with Gasteiger partial charge in [0.1, 0.15) is 22.9 Å². The molecule has 410 valence electrons. The van der Waals surface area contributed by atoms with Crippen LogP contribution in [-0.2, 0) is 29.3 Å². The van der Waals surface area contributed by atoms with E-state index in [1.165, 1.54) is 44.7 Å². The second kappa shape index (κ2) is 21.3. The number of benzene rings is 4. The van der Waals surface area contributed by atoms with Crippen LogP contribution in [0.3, 0.4) is 0 Å². The van der Waals surface area contributed by atoms with Crippen molar-refractivity contribution >= 4 is 52.1 Å². The number of hydrogen-bond acceptors (Lipinski definition) is 10. The maximum Gasteiger partial charge on any atom is 0.329 e. The number of nitrogens with two attached hydrogens (primary N) is 1. The maximum atomic E-state index is 16.9.